The van der Waals surface area contributed by atoms with Gasteiger partial charge in [0.1, 0.15) is 10.6 Å². The third-order valence-electron chi connectivity index (χ3n) is 2.47. The number of primary sulfonamides is 1. The molecule has 92 valence electrons. The maximum atomic E-state index is 11.4. The van der Waals surface area contributed by atoms with E-state index in [1.165, 1.54) is 19.2 Å². The molecule has 0 aliphatic heterocycles. The predicted octanol–water partition coefficient (Wildman–Crippen LogP) is 1.14. The molecule has 1 rings (SSSR count). The van der Waals surface area contributed by atoms with Crippen molar-refractivity contribution in [3.8, 4) is 11.8 Å². The number of nitrogens with zero attached hydrogens (tertiary/aromatic N) is 1. The van der Waals surface area contributed by atoms with Gasteiger partial charge in [-0.15, -0.1) is 0 Å². The summed E-state index contributed by atoms with van der Waals surface area (Å²) in [7, 11) is -2.51. The summed E-state index contributed by atoms with van der Waals surface area (Å²) in [5.74, 6) is 0.171. The number of methoxy groups -OCH3 is 1. The van der Waals surface area contributed by atoms with Gasteiger partial charge in [0.2, 0.25) is 10.0 Å². The Balaban J connectivity index is 3.50. The van der Waals surface area contributed by atoms with E-state index in [9.17, 15) is 8.42 Å². The molecule has 0 radical (unpaired) electrons. The van der Waals surface area contributed by atoms with Crippen molar-refractivity contribution in [2.24, 2.45) is 5.14 Å². The third-order valence-corrected chi connectivity index (χ3v) is 3.40. The molecule has 0 aliphatic carbocycles. The zero-order chi connectivity index (χ0) is 13.3. The summed E-state index contributed by atoms with van der Waals surface area (Å²) in [6.07, 6.45) is 0. The smallest absolute Gasteiger partial charge is 0.241 e. The highest BCUT2D eigenvalue weighted by molar-refractivity contribution is 7.89. The van der Waals surface area contributed by atoms with Crippen LogP contribution in [0.5, 0.6) is 5.75 Å². The van der Waals surface area contributed by atoms with Gasteiger partial charge in [-0.1, -0.05) is 6.07 Å². The first-order valence-corrected chi connectivity index (χ1v) is 6.39. The van der Waals surface area contributed by atoms with Crippen LogP contribution in [-0.2, 0) is 15.4 Å². The molecule has 6 heteroatoms. The molecule has 1 aromatic rings. The third kappa shape index (κ3) is 2.75. The molecule has 0 amide bonds. The van der Waals surface area contributed by atoms with Gasteiger partial charge >= 0.3 is 0 Å². The minimum Gasteiger partial charge on any atom is -0.495 e. The molecule has 0 heterocycles. The largest absolute Gasteiger partial charge is 0.495 e. The Labute approximate surface area is 101 Å². The minimum atomic E-state index is -3.87. The highest BCUT2D eigenvalue weighted by Crippen LogP contribution is 2.29. The van der Waals surface area contributed by atoms with Crippen molar-refractivity contribution in [2.75, 3.05) is 7.11 Å². The predicted molar refractivity (Wildman–Crippen MR) is 63.0 cm³/mol. The summed E-state index contributed by atoms with van der Waals surface area (Å²) in [6.45, 7) is 3.39. The van der Waals surface area contributed by atoms with Crippen LogP contribution in [-0.4, -0.2) is 15.5 Å². The molecular formula is C11H14N2O3S. The fraction of sp³-hybridized carbons (Fsp3) is 0.364. The molecule has 5 nitrogen and oxygen atoms in total. The number of sulfonamides is 1. The molecular weight excluding hydrogens is 240 g/mol. The highest BCUT2D eigenvalue weighted by atomic mass is 32.2. The summed E-state index contributed by atoms with van der Waals surface area (Å²) in [4.78, 5) is -0.110. The summed E-state index contributed by atoms with van der Waals surface area (Å²) in [5, 5.41) is 14.1. The summed E-state index contributed by atoms with van der Waals surface area (Å²) in [6, 6.07) is 6.61. The van der Waals surface area contributed by atoms with E-state index < -0.39 is 15.4 Å². The molecule has 0 atom stereocenters. The molecule has 0 fully saturated rings. The first-order chi connectivity index (χ1) is 7.72. The van der Waals surface area contributed by atoms with Crippen molar-refractivity contribution in [1.82, 2.24) is 0 Å². The zero-order valence-electron chi connectivity index (χ0n) is 9.89. The molecule has 0 bridgehead atoms. The second kappa shape index (κ2) is 4.35. The normalized spacial score (nSPS) is 11.9. The van der Waals surface area contributed by atoms with Crippen molar-refractivity contribution < 1.29 is 13.2 Å². The lowest BCUT2D eigenvalue weighted by atomic mass is 9.86. The average molecular weight is 254 g/mol. The second-order valence-corrected chi connectivity index (χ2v) is 5.68. The summed E-state index contributed by atoms with van der Waals surface area (Å²) in [5.41, 5.74) is -0.212. The lowest BCUT2D eigenvalue weighted by molar-refractivity contribution is 0.402. The van der Waals surface area contributed by atoms with Gasteiger partial charge in [-0.05, 0) is 31.5 Å². The standard InChI is InChI=1S/C11H14N2O3S/c1-11(2,7-12)8-4-5-9(16-3)10(6-8)17(13,14)15/h4-6H,1-3H3,(H2,13,14,15). The Hall–Kier alpha value is -1.58. The Morgan fingerprint density at radius 2 is 2.00 bits per heavy atom. The van der Waals surface area contributed by atoms with E-state index in [-0.39, 0.29) is 10.6 Å². The van der Waals surface area contributed by atoms with E-state index in [1.807, 2.05) is 0 Å². The molecule has 0 saturated carbocycles. The number of rotatable bonds is 3. The first-order valence-electron chi connectivity index (χ1n) is 4.85. The number of hydrogen-bond acceptors (Lipinski definition) is 4. The van der Waals surface area contributed by atoms with Crippen LogP contribution in [0.4, 0.5) is 0 Å². The van der Waals surface area contributed by atoms with Gasteiger partial charge in [-0.3, -0.25) is 0 Å². The second-order valence-electron chi connectivity index (χ2n) is 4.15. The molecule has 0 aliphatic rings. The van der Waals surface area contributed by atoms with Gasteiger partial charge in [0.05, 0.1) is 18.6 Å². The number of hydrogen-bond donors (Lipinski definition) is 1. The molecule has 1 aromatic carbocycles. The average Bonchev–Trinajstić information content (AvgIpc) is 2.27. The van der Waals surface area contributed by atoms with Crippen molar-refractivity contribution >= 4 is 10.0 Å². The van der Waals surface area contributed by atoms with Crippen LogP contribution in [0.25, 0.3) is 0 Å². The van der Waals surface area contributed by atoms with Gasteiger partial charge in [-0.2, -0.15) is 5.26 Å². The van der Waals surface area contributed by atoms with Gasteiger partial charge in [0.25, 0.3) is 0 Å². The van der Waals surface area contributed by atoms with Gasteiger partial charge < -0.3 is 4.74 Å². The zero-order valence-corrected chi connectivity index (χ0v) is 10.7. The van der Waals surface area contributed by atoms with Crippen LogP contribution in [0, 0.1) is 11.3 Å². The van der Waals surface area contributed by atoms with Crippen LogP contribution >= 0.6 is 0 Å². The van der Waals surface area contributed by atoms with Crippen LogP contribution in [0.15, 0.2) is 23.1 Å². The Kier molecular flexibility index (Phi) is 3.45. The fourth-order valence-corrected chi connectivity index (χ4v) is 2.08. The number of benzene rings is 1. The number of ether oxygens (including phenoxy) is 1. The van der Waals surface area contributed by atoms with Gasteiger partial charge in [0, 0.05) is 0 Å². The molecule has 0 unspecified atom stereocenters. The van der Waals surface area contributed by atoms with Gasteiger partial charge in [0.15, 0.2) is 0 Å². The SMILES string of the molecule is COc1ccc(C(C)(C)C#N)cc1S(N)(=O)=O. The van der Waals surface area contributed by atoms with E-state index in [4.69, 9.17) is 15.1 Å². The minimum absolute atomic E-state index is 0.110. The van der Waals surface area contributed by atoms with Crippen molar-refractivity contribution in [2.45, 2.75) is 24.2 Å². The quantitative estimate of drug-likeness (QED) is 0.875. The summed E-state index contributed by atoms with van der Waals surface area (Å²) < 4.78 is 27.7. The van der Waals surface area contributed by atoms with Crippen LogP contribution in [0.1, 0.15) is 19.4 Å². The van der Waals surface area contributed by atoms with Crippen molar-refractivity contribution in [3.63, 3.8) is 0 Å². The Morgan fingerprint density at radius 1 is 1.41 bits per heavy atom. The Morgan fingerprint density at radius 3 is 2.41 bits per heavy atom. The topological polar surface area (TPSA) is 93.2 Å². The molecule has 2 N–H and O–H groups in total. The Bertz CT molecular complexity index is 571. The molecule has 0 aromatic heterocycles. The van der Waals surface area contributed by atoms with Crippen LogP contribution in [0.3, 0.4) is 0 Å². The maximum Gasteiger partial charge on any atom is 0.241 e. The van der Waals surface area contributed by atoms with E-state index in [2.05, 4.69) is 6.07 Å². The van der Waals surface area contributed by atoms with Gasteiger partial charge in [-0.25, -0.2) is 13.6 Å². The first kappa shape index (κ1) is 13.5. The van der Waals surface area contributed by atoms with Crippen LogP contribution < -0.4 is 9.88 Å². The van der Waals surface area contributed by atoms with E-state index >= 15 is 0 Å². The summed E-state index contributed by atoms with van der Waals surface area (Å²) >= 11 is 0. The van der Waals surface area contributed by atoms with E-state index in [0.717, 1.165) is 0 Å². The lowest BCUT2D eigenvalue weighted by Gasteiger charge is -2.17. The van der Waals surface area contributed by atoms with E-state index in [0.29, 0.717) is 5.56 Å². The maximum absolute atomic E-state index is 11.4. The highest BCUT2D eigenvalue weighted by Gasteiger charge is 2.24. The molecule has 0 spiro atoms. The van der Waals surface area contributed by atoms with Crippen LogP contribution in [0.2, 0.25) is 0 Å². The molecule has 0 saturated heterocycles. The lowest BCUT2D eigenvalue weighted by Crippen LogP contribution is -2.18. The van der Waals surface area contributed by atoms with E-state index in [1.54, 1.807) is 19.9 Å². The van der Waals surface area contributed by atoms with Crippen molar-refractivity contribution in [1.29, 1.82) is 5.26 Å². The molecule has 17 heavy (non-hydrogen) atoms. The monoisotopic (exact) mass is 254 g/mol. The number of nitrogens with two attached hydrogens (primary N) is 1. The number of nitriles is 1. The van der Waals surface area contributed by atoms with Crippen molar-refractivity contribution in [3.05, 3.63) is 23.8 Å². The fourth-order valence-electron chi connectivity index (χ4n) is 1.35.